The van der Waals surface area contributed by atoms with Crippen LogP contribution in [0.5, 0.6) is 0 Å². The van der Waals surface area contributed by atoms with Gasteiger partial charge in [0.15, 0.2) is 0 Å². The highest BCUT2D eigenvalue weighted by Gasteiger charge is 2.29. The van der Waals surface area contributed by atoms with Crippen molar-refractivity contribution in [3.63, 3.8) is 0 Å². The average molecular weight is 228 g/mol. The molecule has 0 aromatic heterocycles. The van der Waals surface area contributed by atoms with Crippen LogP contribution in [-0.4, -0.2) is 18.6 Å². The maximum Gasteiger partial charge on any atom is 0.325 e. The van der Waals surface area contributed by atoms with Crippen molar-refractivity contribution in [1.29, 1.82) is 0 Å². The molecule has 0 bridgehead atoms. The van der Waals surface area contributed by atoms with Crippen molar-refractivity contribution in [2.24, 2.45) is 5.73 Å². The number of benzene rings is 1. The Bertz CT molecular complexity index is 363. The Hall–Kier alpha value is -1.06. The van der Waals surface area contributed by atoms with E-state index in [2.05, 4.69) is 4.74 Å². The maximum absolute atomic E-state index is 11.3. The number of carbonyl (C=O) groups is 1. The second-order valence-corrected chi connectivity index (χ2v) is 4.15. The van der Waals surface area contributed by atoms with Crippen LogP contribution in [0.4, 0.5) is 0 Å². The molecule has 82 valence electrons. The summed E-state index contributed by atoms with van der Waals surface area (Å²) in [7, 11) is 1.32. The number of carbonyl (C=O) groups excluding carboxylic acids is 1. The lowest BCUT2D eigenvalue weighted by atomic mass is 9.94. The Balaban J connectivity index is 2.81. The van der Waals surface area contributed by atoms with Gasteiger partial charge in [0.25, 0.3) is 0 Å². The molecule has 1 aromatic carbocycles. The molecule has 0 saturated carbocycles. The first-order chi connectivity index (χ1) is 6.95. The third-order valence-electron chi connectivity index (χ3n) is 2.11. The molecule has 4 heteroatoms. The number of rotatable bonds is 3. The maximum atomic E-state index is 11.3. The fourth-order valence-corrected chi connectivity index (χ4v) is 1.59. The Morgan fingerprint density at radius 1 is 1.60 bits per heavy atom. The Morgan fingerprint density at radius 3 is 2.80 bits per heavy atom. The fourth-order valence-electron chi connectivity index (χ4n) is 1.38. The van der Waals surface area contributed by atoms with Crippen molar-refractivity contribution in [3.05, 3.63) is 34.9 Å². The molecule has 1 aromatic rings. The lowest BCUT2D eigenvalue weighted by Gasteiger charge is -2.21. The van der Waals surface area contributed by atoms with Crippen molar-refractivity contribution in [1.82, 2.24) is 0 Å². The summed E-state index contributed by atoms with van der Waals surface area (Å²) in [5.41, 5.74) is 5.74. The highest BCUT2D eigenvalue weighted by molar-refractivity contribution is 6.30. The molecular weight excluding hydrogens is 214 g/mol. The Kier molecular flexibility index (Phi) is 3.72. The molecule has 2 N–H and O–H groups in total. The van der Waals surface area contributed by atoms with Crippen LogP contribution in [0.25, 0.3) is 0 Å². The highest BCUT2D eigenvalue weighted by atomic mass is 35.5. The van der Waals surface area contributed by atoms with E-state index in [0.717, 1.165) is 5.56 Å². The van der Waals surface area contributed by atoms with Gasteiger partial charge < -0.3 is 10.5 Å². The minimum atomic E-state index is -1.01. The van der Waals surface area contributed by atoms with Crippen LogP contribution in [0.1, 0.15) is 12.5 Å². The van der Waals surface area contributed by atoms with Gasteiger partial charge in [0, 0.05) is 11.4 Å². The van der Waals surface area contributed by atoms with E-state index in [-0.39, 0.29) is 0 Å². The molecule has 0 aliphatic rings. The molecule has 0 amide bonds. The molecular formula is C11H14ClNO2. The molecule has 0 heterocycles. The van der Waals surface area contributed by atoms with E-state index in [4.69, 9.17) is 17.3 Å². The second kappa shape index (κ2) is 4.64. The quantitative estimate of drug-likeness (QED) is 0.801. The van der Waals surface area contributed by atoms with E-state index in [1.807, 2.05) is 12.1 Å². The van der Waals surface area contributed by atoms with Crippen LogP contribution in [0.15, 0.2) is 24.3 Å². The zero-order chi connectivity index (χ0) is 11.5. The number of ether oxygens (including phenoxy) is 1. The van der Waals surface area contributed by atoms with E-state index in [0.29, 0.717) is 11.4 Å². The van der Waals surface area contributed by atoms with Crippen LogP contribution < -0.4 is 5.73 Å². The first kappa shape index (κ1) is 12.0. The smallest absolute Gasteiger partial charge is 0.325 e. The van der Waals surface area contributed by atoms with Gasteiger partial charge in [-0.15, -0.1) is 0 Å². The Labute approximate surface area is 94.2 Å². The van der Waals surface area contributed by atoms with Crippen LogP contribution in [0, 0.1) is 0 Å². The lowest BCUT2D eigenvalue weighted by Crippen LogP contribution is -2.47. The van der Waals surface area contributed by atoms with Crippen molar-refractivity contribution < 1.29 is 9.53 Å². The molecule has 0 aliphatic heterocycles. The molecule has 1 rings (SSSR count). The molecule has 1 atom stereocenters. The van der Waals surface area contributed by atoms with Crippen LogP contribution in [0.3, 0.4) is 0 Å². The molecule has 1 unspecified atom stereocenters. The summed E-state index contributed by atoms with van der Waals surface area (Å²) in [4.78, 5) is 11.3. The zero-order valence-electron chi connectivity index (χ0n) is 8.79. The Morgan fingerprint density at radius 2 is 2.27 bits per heavy atom. The topological polar surface area (TPSA) is 52.3 Å². The van der Waals surface area contributed by atoms with Gasteiger partial charge in [-0.2, -0.15) is 0 Å². The largest absolute Gasteiger partial charge is 0.468 e. The molecule has 0 aliphatic carbocycles. The van der Waals surface area contributed by atoms with Gasteiger partial charge in [-0.1, -0.05) is 23.7 Å². The van der Waals surface area contributed by atoms with E-state index < -0.39 is 11.5 Å². The van der Waals surface area contributed by atoms with Crippen LogP contribution >= 0.6 is 11.6 Å². The molecule has 15 heavy (non-hydrogen) atoms. The number of esters is 1. The molecule has 0 spiro atoms. The van der Waals surface area contributed by atoms with Crippen molar-refractivity contribution >= 4 is 17.6 Å². The summed E-state index contributed by atoms with van der Waals surface area (Å²) in [5, 5.41) is 0.633. The van der Waals surface area contributed by atoms with Gasteiger partial charge in [0.05, 0.1) is 7.11 Å². The lowest BCUT2D eigenvalue weighted by molar-refractivity contribution is -0.146. The molecule has 0 saturated heterocycles. The minimum absolute atomic E-state index is 0.403. The first-order valence-corrected chi connectivity index (χ1v) is 4.95. The van der Waals surface area contributed by atoms with Gasteiger partial charge in [-0.05, 0) is 24.6 Å². The summed E-state index contributed by atoms with van der Waals surface area (Å²) in [5.74, 6) is -0.428. The van der Waals surface area contributed by atoms with E-state index in [1.54, 1.807) is 19.1 Å². The molecule has 0 fully saturated rings. The fraction of sp³-hybridized carbons (Fsp3) is 0.364. The number of methoxy groups -OCH3 is 1. The standard InChI is InChI=1S/C11H14ClNO2/c1-11(13,10(14)15-2)7-8-4-3-5-9(12)6-8/h3-6H,7,13H2,1-2H3. The molecule has 0 radical (unpaired) electrons. The summed E-state index contributed by atoms with van der Waals surface area (Å²) >= 11 is 5.83. The van der Waals surface area contributed by atoms with Crippen molar-refractivity contribution in [2.75, 3.05) is 7.11 Å². The summed E-state index contributed by atoms with van der Waals surface area (Å²) in [6, 6.07) is 7.26. The number of hydrogen-bond acceptors (Lipinski definition) is 3. The van der Waals surface area contributed by atoms with Crippen LogP contribution in [-0.2, 0) is 16.0 Å². The monoisotopic (exact) mass is 227 g/mol. The van der Waals surface area contributed by atoms with Gasteiger partial charge in [-0.3, -0.25) is 4.79 Å². The summed E-state index contributed by atoms with van der Waals surface area (Å²) in [6.45, 7) is 1.64. The van der Waals surface area contributed by atoms with E-state index in [1.165, 1.54) is 7.11 Å². The third-order valence-corrected chi connectivity index (χ3v) is 2.35. The van der Waals surface area contributed by atoms with Crippen molar-refractivity contribution in [3.8, 4) is 0 Å². The van der Waals surface area contributed by atoms with Crippen molar-refractivity contribution in [2.45, 2.75) is 18.9 Å². The van der Waals surface area contributed by atoms with E-state index >= 15 is 0 Å². The second-order valence-electron chi connectivity index (χ2n) is 3.72. The zero-order valence-corrected chi connectivity index (χ0v) is 9.54. The highest BCUT2D eigenvalue weighted by Crippen LogP contribution is 2.16. The number of hydrogen-bond donors (Lipinski definition) is 1. The van der Waals surface area contributed by atoms with Gasteiger partial charge >= 0.3 is 5.97 Å². The SMILES string of the molecule is COC(=O)C(C)(N)Cc1cccc(Cl)c1. The molecule has 3 nitrogen and oxygen atoms in total. The normalized spacial score (nSPS) is 14.4. The third kappa shape index (κ3) is 3.22. The van der Waals surface area contributed by atoms with Crippen LogP contribution in [0.2, 0.25) is 5.02 Å². The summed E-state index contributed by atoms with van der Waals surface area (Å²) in [6.07, 6.45) is 0.403. The van der Waals surface area contributed by atoms with E-state index in [9.17, 15) is 4.79 Å². The predicted octanol–water partition coefficient (Wildman–Crippen LogP) is 1.77. The average Bonchev–Trinajstić information content (AvgIpc) is 2.15. The van der Waals surface area contributed by atoms with Gasteiger partial charge in [0.2, 0.25) is 0 Å². The number of nitrogens with two attached hydrogens (primary N) is 1. The van der Waals surface area contributed by atoms with Gasteiger partial charge in [0.1, 0.15) is 5.54 Å². The predicted molar refractivity (Wildman–Crippen MR) is 59.8 cm³/mol. The first-order valence-electron chi connectivity index (χ1n) is 4.57. The summed E-state index contributed by atoms with van der Waals surface area (Å²) < 4.78 is 4.62. The van der Waals surface area contributed by atoms with Gasteiger partial charge in [-0.25, -0.2) is 0 Å². The number of halogens is 1. The minimum Gasteiger partial charge on any atom is -0.468 e.